The number of ether oxygens (including phenoxy) is 1. The highest BCUT2D eigenvalue weighted by atomic mass is 19.2. The fourth-order valence-corrected chi connectivity index (χ4v) is 1.78. The number of halogens is 3. The van der Waals surface area contributed by atoms with Crippen molar-refractivity contribution in [2.75, 3.05) is 7.11 Å². The summed E-state index contributed by atoms with van der Waals surface area (Å²) in [4.78, 5) is 10.9. The average molecular weight is 266 g/mol. The van der Waals surface area contributed by atoms with Crippen LogP contribution in [0, 0.1) is 17.5 Å². The fourth-order valence-electron chi connectivity index (χ4n) is 1.78. The summed E-state index contributed by atoms with van der Waals surface area (Å²) in [6.07, 6.45) is 0.0983. The minimum Gasteiger partial charge on any atom is -0.497 e. The number of rotatable bonds is 3. The lowest BCUT2D eigenvalue weighted by molar-refractivity contribution is 0.111. The van der Waals surface area contributed by atoms with Gasteiger partial charge in [-0.25, -0.2) is 13.2 Å². The number of benzene rings is 2. The molecule has 0 aliphatic carbocycles. The van der Waals surface area contributed by atoms with Crippen molar-refractivity contribution in [3.05, 3.63) is 53.3 Å². The number of aldehydes is 1. The van der Waals surface area contributed by atoms with Gasteiger partial charge in [0.2, 0.25) is 0 Å². The van der Waals surface area contributed by atoms with Crippen molar-refractivity contribution >= 4 is 6.29 Å². The minimum absolute atomic E-state index is 0.0983. The Balaban J connectivity index is 2.66. The number of hydrogen-bond donors (Lipinski definition) is 0. The van der Waals surface area contributed by atoms with E-state index in [2.05, 4.69) is 0 Å². The Morgan fingerprint density at radius 1 is 1.05 bits per heavy atom. The van der Waals surface area contributed by atoms with Gasteiger partial charge in [0.05, 0.1) is 12.7 Å². The van der Waals surface area contributed by atoms with E-state index in [1.807, 2.05) is 0 Å². The first kappa shape index (κ1) is 13.1. The molecule has 2 aromatic carbocycles. The Morgan fingerprint density at radius 3 is 2.21 bits per heavy atom. The first-order chi connectivity index (χ1) is 9.08. The van der Waals surface area contributed by atoms with Crippen LogP contribution in [-0.4, -0.2) is 13.4 Å². The Bertz CT molecular complexity index is 622. The Labute approximate surface area is 107 Å². The van der Waals surface area contributed by atoms with Crippen molar-refractivity contribution in [1.29, 1.82) is 0 Å². The summed E-state index contributed by atoms with van der Waals surface area (Å²) in [7, 11) is 1.46. The van der Waals surface area contributed by atoms with Crippen molar-refractivity contribution in [2.45, 2.75) is 0 Å². The van der Waals surface area contributed by atoms with Crippen LogP contribution in [0.25, 0.3) is 11.1 Å². The first-order valence-corrected chi connectivity index (χ1v) is 5.35. The molecule has 0 spiro atoms. The van der Waals surface area contributed by atoms with E-state index in [0.717, 1.165) is 0 Å². The lowest BCUT2D eigenvalue weighted by Gasteiger charge is -2.09. The second-order valence-electron chi connectivity index (χ2n) is 3.79. The zero-order chi connectivity index (χ0) is 14.0. The van der Waals surface area contributed by atoms with E-state index in [4.69, 9.17) is 4.74 Å². The molecule has 0 unspecified atom stereocenters. The molecule has 5 heteroatoms. The summed E-state index contributed by atoms with van der Waals surface area (Å²) >= 11 is 0. The van der Waals surface area contributed by atoms with Crippen LogP contribution >= 0.6 is 0 Å². The lowest BCUT2D eigenvalue weighted by atomic mass is 9.99. The van der Waals surface area contributed by atoms with Crippen LogP contribution in [0.2, 0.25) is 0 Å². The average Bonchev–Trinajstić information content (AvgIpc) is 2.42. The number of methoxy groups -OCH3 is 1. The molecule has 98 valence electrons. The topological polar surface area (TPSA) is 26.3 Å². The van der Waals surface area contributed by atoms with Crippen LogP contribution in [-0.2, 0) is 0 Å². The van der Waals surface area contributed by atoms with E-state index in [1.54, 1.807) is 0 Å². The highest BCUT2D eigenvalue weighted by molar-refractivity contribution is 5.88. The Hall–Kier alpha value is -2.30. The molecule has 2 rings (SSSR count). The van der Waals surface area contributed by atoms with Crippen LogP contribution in [0.15, 0.2) is 30.3 Å². The van der Waals surface area contributed by atoms with Crippen LogP contribution in [0.5, 0.6) is 5.75 Å². The van der Waals surface area contributed by atoms with Gasteiger partial charge in [-0.2, -0.15) is 0 Å². The van der Waals surface area contributed by atoms with Gasteiger partial charge in [0.1, 0.15) is 11.6 Å². The molecule has 0 saturated carbocycles. The monoisotopic (exact) mass is 266 g/mol. The van der Waals surface area contributed by atoms with Crippen molar-refractivity contribution in [2.24, 2.45) is 0 Å². The van der Waals surface area contributed by atoms with Crippen LogP contribution in [0.3, 0.4) is 0 Å². The number of hydrogen-bond acceptors (Lipinski definition) is 2. The molecule has 0 aliphatic rings. The van der Waals surface area contributed by atoms with E-state index in [-0.39, 0.29) is 17.4 Å². The van der Waals surface area contributed by atoms with Gasteiger partial charge in [0, 0.05) is 11.6 Å². The predicted molar refractivity (Wildman–Crippen MR) is 63.7 cm³/mol. The van der Waals surface area contributed by atoms with Gasteiger partial charge in [0.15, 0.2) is 17.9 Å². The molecule has 0 amide bonds. The maximum absolute atomic E-state index is 13.7. The molecule has 2 nitrogen and oxygen atoms in total. The smallest absolute Gasteiger partial charge is 0.170 e. The summed E-state index contributed by atoms with van der Waals surface area (Å²) in [5, 5.41) is 0. The maximum atomic E-state index is 13.7. The van der Waals surface area contributed by atoms with Gasteiger partial charge in [-0.05, 0) is 17.7 Å². The van der Waals surface area contributed by atoms with Gasteiger partial charge in [-0.15, -0.1) is 0 Å². The lowest BCUT2D eigenvalue weighted by Crippen LogP contribution is -2.00. The molecule has 0 heterocycles. The van der Waals surface area contributed by atoms with E-state index in [9.17, 15) is 18.0 Å². The van der Waals surface area contributed by atoms with Crippen molar-refractivity contribution in [1.82, 2.24) is 0 Å². The quantitative estimate of drug-likeness (QED) is 0.627. The van der Waals surface area contributed by atoms with Gasteiger partial charge in [0.25, 0.3) is 0 Å². The second kappa shape index (κ2) is 5.14. The zero-order valence-corrected chi connectivity index (χ0v) is 9.91. The standard InChI is InChI=1S/C14H9F3O2/c1-19-9-4-2-8(3-5-9)13-10(7-18)14(17)12(16)6-11(13)15/h2-7H,1H3. The zero-order valence-electron chi connectivity index (χ0n) is 9.91. The SMILES string of the molecule is COc1ccc(-c2c(F)cc(F)c(F)c2C=O)cc1. The molecule has 0 N–H and O–H groups in total. The predicted octanol–water partition coefficient (Wildman–Crippen LogP) is 3.59. The van der Waals surface area contributed by atoms with E-state index >= 15 is 0 Å². The molecule has 2 aromatic rings. The third-order valence-corrected chi connectivity index (χ3v) is 2.70. The molecular formula is C14H9F3O2. The molecule has 0 bridgehead atoms. The van der Waals surface area contributed by atoms with Crippen molar-refractivity contribution in [3.8, 4) is 16.9 Å². The van der Waals surface area contributed by atoms with Gasteiger partial charge >= 0.3 is 0 Å². The summed E-state index contributed by atoms with van der Waals surface area (Å²) in [5.74, 6) is -3.22. The molecule has 0 atom stereocenters. The normalized spacial score (nSPS) is 10.3. The van der Waals surface area contributed by atoms with Crippen molar-refractivity contribution in [3.63, 3.8) is 0 Å². The number of carbonyl (C=O) groups excluding carboxylic acids is 1. The Kier molecular flexibility index (Phi) is 3.55. The summed E-state index contributed by atoms with van der Waals surface area (Å²) in [5.41, 5.74) is -0.640. The van der Waals surface area contributed by atoms with E-state index in [1.165, 1.54) is 31.4 Å². The van der Waals surface area contributed by atoms with E-state index < -0.39 is 23.0 Å². The van der Waals surface area contributed by atoms with Gasteiger partial charge < -0.3 is 4.74 Å². The molecular weight excluding hydrogens is 257 g/mol. The van der Waals surface area contributed by atoms with Crippen LogP contribution in [0.1, 0.15) is 10.4 Å². The largest absolute Gasteiger partial charge is 0.497 e. The Morgan fingerprint density at radius 2 is 1.68 bits per heavy atom. The summed E-state index contributed by atoms with van der Waals surface area (Å²) in [6.45, 7) is 0. The molecule has 0 aromatic heterocycles. The second-order valence-corrected chi connectivity index (χ2v) is 3.79. The molecule has 19 heavy (non-hydrogen) atoms. The third kappa shape index (κ3) is 2.31. The first-order valence-electron chi connectivity index (χ1n) is 5.35. The van der Waals surface area contributed by atoms with Crippen LogP contribution < -0.4 is 4.74 Å². The summed E-state index contributed by atoms with van der Waals surface area (Å²) in [6, 6.07) is 6.40. The highest BCUT2D eigenvalue weighted by Gasteiger charge is 2.19. The minimum atomic E-state index is -1.39. The molecule has 0 fully saturated rings. The van der Waals surface area contributed by atoms with Crippen molar-refractivity contribution < 1.29 is 22.7 Å². The molecule has 0 aliphatic heterocycles. The van der Waals surface area contributed by atoms with Gasteiger partial charge in [-0.3, -0.25) is 4.79 Å². The summed E-state index contributed by atoms with van der Waals surface area (Å²) < 4.78 is 45.2. The molecule has 0 radical (unpaired) electrons. The maximum Gasteiger partial charge on any atom is 0.170 e. The van der Waals surface area contributed by atoms with Crippen LogP contribution in [0.4, 0.5) is 13.2 Å². The van der Waals surface area contributed by atoms with Gasteiger partial charge in [-0.1, -0.05) is 12.1 Å². The third-order valence-electron chi connectivity index (χ3n) is 2.70. The number of carbonyl (C=O) groups is 1. The van der Waals surface area contributed by atoms with E-state index in [0.29, 0.717) is 11.8 Å². The molecule has 0 saturated heterocycles. The highest BCUT2D eigenvalue weighted by Crippen LogP contribution is 2.30. The fraction of sp³-hybridized carbons (Fsp3) is 0.0714.